The third-order valence-corrected chi connectivity index (χ3v) is 6.88. The molecule has 35 heavy (non-hydrogen) atoms. The lowest BCUT2D eigenvalue weighted by Gasteiger charge is -2.42. The summed E-state index contributed by atoms with van der Waals surface area (Å²) in [6.07, 6.45) is 3.33. The van der Waals surface area contributed by atoms with E-state index in [1.54, 1.807) is 13.0 Å². The van der Waals surface area contributed by atoms with Crippen LogP contribution in [0.2, 0.25) is 0 Å². The standard InChI is InChI=1S/C27H33N3O5/c1-18-10-9-15-21(16-18)35-24-22(23(31)29-24)28-25(32)27(2,20-13-7-4-8-14-20)30-26(33)34-17-19-11-5-3-6-12-19/h3,5-6,9-12,15-16,20,22,24H,4,7-8,13-14,17H2,1-2H3,(H,28,32)(H,29,31)(H,30,33)/t22-,24+,27+/m1/s1. The molecule has 0 spiro atoms. The average Bonchev–Trinajstić information content (AvgIpc) is 2.87. The van der Waals surface area contributed by atoms with Crippen LogP contribution in [0, 0.1) is 12.8 Å². The average molecular weight is 480 g/mol. The normalized spacial score (nSPS) is 21.6. The minimum atomic E-state index is -1.22. The van der Waals surface area contributed by atoms with E-state index < -0.39 is 29.8 Å². The monoisotopic (exact) mass is 479 g/mol. The van der Waals surface area contributed by atoms with E-state index >= 15 is 0 Å². The van der Waals surface area contributed by atoms with E-state index in [1.165, 1.54) is 0 Å². The van der Waals surface area contributed by atoms with Crippen LogP contribution in [-0.4, -0.2) is 35.7 Å². The van der Waals surface area contributed by atoms with Crippen molar-refractivity contribution < 1.29 is 23.9 Å². The summed E-state index contributed by atoms with van der Waals surface area (Å²) in [4.78, 5) is 38.6. The molecule has 0 radical (unpaired) electrons. The first-order valence-corrected chi connectivity index (χ1v) is 12.2. The van der Waals surface area contributed by atoms with Gasteiger partial charge in [-0.05, 0) is 55.9 Å². The van der Waals surface area contributed by atoms with Crippen molar-refractivity contribution in [2.24, 2.45) is 5.92 Å². The van der Waals surface area contributed by atoms with Gasteiger partial charge < -0.3 is 25.4 Å². The summed E-state index contributed by atoms with van der Waals surface area (Å²) in [7, 11) is 0. The second-order valence-corrected chi connectivity index (χ2v) is 9.54. The molecule has 1 heterocycles. The summed E-state index contributed by atoms with van der Waals surface area (Å²) in [5, 5.41) is 8.34. The van der Waals surface area contributed by atoms with Crippen molar-refractivity contribution in [3.05, 3.63) is 65.7 Å². The van der Waals surface area contributed by atoms with Crippen LogP contribution in [0.25, 0.3) is 0 Å². The van der Waals surface area contributed by atoms with E-state index in [0.29, 0.717) is 5.75 Å². The van der Waals surface area contributed by atoms with E-state index in [9.17, 15) is 14.4 Å². The predicted molar refractivity (Wildman–Crippen MR) is 130 cm³/mol. The zero-order valence-electron chi connectivity index (χ0n) is 20.2. The van der Waals surface area contributed by atoms with Gasteiger partial charge in [0, 0.05) is 0 Å². The van der Waals surface area contributed by atoms with Gasteiger partial charge in [0.15, 0.2) is 6.04 Å². The molecule has 0 aromatic heterocycles. The van der Waals surface area contributed by atoms with Crippen molar-refractivity contribution in [1.29, 1.82) is 0 Å². The lowest BCUT2D eigenvalue weighted by atomic mass is 9.75. The minimum Gasteiger partial charge on any atom is -0.468 e. The van der Waals surface area contributed by atoms with Crippen LogP contribution in [0.15, 0.2) is 54.6 Å². The molecule has 3 atom stereocenters. The third kappa shape index (κ3) is 5.93. The highest BCUT2D eigenvalue weighted by Crippen LogP contribution is 2.33. The number of amides is 3. The molecular weight excluding hydrogens is 446 g/mol. The third-order valence-electron chi connectivity index (χ3n) is 6.88. The Bertz CT molecular complexity index is 1050. The maximum atomic E-state index is 13.6. The number of rotatable bonds is 8. The van der Waals surface area contributed by atoms with E-state index in [2.05, 4.69) is 16.0 Å². The summed E-state index contributed by atoms with van der Waals surface area (Å²) in [6.45, 7) is 3.77. The largest absolute Gasteiger partial charge is 0.468 e. The first-order valence-electron chi connectivity index (χ1n) is 12.2. The summed E-state index contributed by atoms with van der Waals surface area (Å²) in [5.41, 5.74) is 0.656. The highest BCUT2D eigenvalue weighted by molar-refractivity contribution is 5.97. The van der Waals surface area contributed by atoms with Gasteiger partial charge in [-0.2, -0.15) is 0 Å². The Kier molecular flexibility index (Phi) is 7.58. The Morgan fingerprint density at radius 3 is 2.49 bits per heavy atom. The fraction of sp³-hybridized carbons (Fsp3) is 0.444. The molecule has 1 aliphatic heterocycles. The molecule has 3 N–H and O–H groups in total. The van der Waals surface area contributed by atoms with Gasteiger partial charge in [-0.1, -0.05) is 61.7 Å². The second kappa shape index (κ2) is 10.8. The number of nitrogens with one attached hydrogen (secondary N) is 3. The van der Waals surface area contributed by atoms with Crippen molar-refractivity contribution >= 4 is 17.9 Å². The van der Waals surface area contributed by atoms with Crippen molar-refractivity contribution in [2.75, 3.05) is 0 Å². The molecule has 2 fully saturated rings. The van der Waals surface area contributed by atoms with E-state index in [4.69, 9.17) is 9.47 Å². The van der Waals surface area contributed by atoms with Crippen molar-refractivity contribution in [3.8, 4) is 5.75 Å². The molecule has 1 saturated carbocycles. The second-order valence-electron chi connectivity index (χ2n) is 9.54. The number of alkyl carbamates (subject to hydrolysis) is 1. The van der Waals surface area contributed by atoms with Gasteiger partial charge in [0.2, 0.25) is 12.1 Å². The fourth-order valence-corrected chi connectivity index (χ4v) is 4.72. The van der Waals surface area contributed by atoms with Gasteiger partial charge >= 0.3 is 6.09 Å². The first kappa shape index (κ1) is 24.6. The minimum absolute atomic E-state index is 0.0696. The van der Waals surface area contributed by atoms with Gasteiger partial charge in [-0.15, -0.1) is 0 Å². The number of hydrogen-bond acceptors (Lipinski definition) is 5. The van der Waals surface area contributed by atoms with Crippen LogP contribution in [0.5, 0.6) is 5.75 Å². The van der Waals surface area contributed by atoms with Gasteiger partial charge in [-0.25, -0.2) is 4.79 Å². The Morgan fingerprint density at radius 1 is 1.06 bits per heavy atom. The molecule has 186 valence electrons. The topological polar surface area (TPSA) is 106 Å². The molecule has 3 amide bonds. The highest BCUT2D eigenvalue weighted by Gasteiger charge is 2.49. The molecule has 0 bridgehead atoms. The Hall–Kier alpha value is -3.55. The smallest absolute Gasteiger partial charge is 0.408 e. The van der Waals surface area contributed by atoms with Gasteiger partial charge in [-0.3, -0.25) is 9.59 Å². The van der Waals surface area contributed by atoms with Crippen molar-refractivity contribution in [3.63, 3.8) is 0 Å². The van der Waals surface area contributed by atoms with Crippen molar-refractivity contribution in [2.45, 2.75) is 70.4 Å². The molecule has 8 heteroatoms. The predicted octanol–water partition coefficient (Wildman–Crippen LogP) is 3.58. The van der Waals surface area contributed by atoms with Crippen LogP contribution in [0.3, 0.4) is 0 Å². The number of hydrogen-bond donors (Lipinski definition) is 3. The molecule has 4 rings (SSSR count). The maximum absolute atomic E-state index is 13.6. The summed E-state index contributed by atoms with van der Waals surface area (Å²) in [5.74, 6) is -0.209. The number of benzene rings is 2. The SMILES string of the molecule is Cc1cccc(O[C@@H]2NC(=O)[C@H]2NC(=O)[C@@](C)(NC(=O)OCc2ccccc2)C2CCCCC2)c1. The number of carbonyl (C=O) groups excluding carboxylic acids is 3. The molecule has 2 aliphatic rings. The molecule has 1 aliphatic carbocycles. The van der Waals surface area contributed by atoms with Crippen LogP contribution in [0.1, 0.15) is 50.2 Å². The summed E-state index contributed by atoms with van der Waals surface area (Å²) < 4.78 is 11.3. The lowest BCUT2D eigenvalue weighted by Crippen LogP contribution is -2.74. The molecule has 8 nitrogen and oxygen atoms in total. The maximum Gasteiger partial charge on any atom is 0.408 e. The zero-order valence-corrected chi connectivity index (χ0v) is 20.2. The van der Waals surface area contributed by atoms with Crippen LogP contribution in [0.4, 0.5) is 4.79 Å². The highest BCUT2D eigenvalue weighted by atomic mass is 16.5. The van der Waals surface area contributed by atoms with Gasteiger partial charge in [0.1, 0.15) is 17.9 Å². The van der Waals surface area contributed by atoms with Crippen LogP contribution >= 0.6 is 0 Å². The molecule has 0 unspecified atom stereocenters. The zero-order chi connectivity index (χ0) is 24.8. The van der Waals surface area contributed by atoms with E-state index in [-0.39, 0.29) is 18.4 Å². The van der Waals surface area contributed by atoms with Crippen molar-refractivity contribution in [1.82, 2.24) is 16.0 Å². The number of ether oxygens (including phenoxy) is 2. The molecule has 1 saturated heterocycles. The fourth-order valence-electron chi connectivity index (χ4n) is 4.72. The van der Waals surface area contributed by atoms with E-state index in [0.717, 1.165) is 43.2 Å². The molecular formula is C27H33N3O5. The summed E-state index contributed by atoms with van der Waals surface area (Å²) >= 11 is 0. The summed E-state index contributed by atoms with van der Waals surface area (Å²) in [6, 6.07) is 16.0. The quantitative estimate of drug-likeness (QED) is 0.502. The molecule has 2 aromatic rings. The molecule has 2 aromatic carbocycles. The number of β-lactam (4-membered cyclic amide) rings is 1. The Morgan fingerprint density at radius 2 is 1.80 bits per heavy atom. The Labute approximate surface area is 205 Å². The lowest BCUT2D eigenvalue weighted by molar-refractivity contribution is -0.146. The van der Waals surface area contributed by atoms with Crippen LogP contribution in [-0.2, 0) is 20.9 Å². The van der Waals surface area contributed by atoms with Crippen LogP contribution < -0.4 is 20.7 Å². The number of carbonyl (C=O) groups is 3. The Balaban J connectivity index is 1.43. The van der Waals surface area contributed by atoms with Gasteiger partial charge in [0.05, 0.1) is 0 Å². The first-order chi connectivity index (χ1) is 16.8. The van der Waals surface area contributed by atoms with E-state index in [1.807, 2.05) is 55.5 Å². The van der Waals surface area contributed by atoms with Gasteiger partial charge in [0.25, 0.3) is 5.91 Å². The number of aryl methyl sites for hydroxylation is 1.